The van der Waals surface area contributed by atoms with Gasteiger partial charge in [-0.1, -0.05) is 158 Å². The predicted octanol–water partition coefficient (Wildman–Crippen LogP) is 12.8. The zero-order valence-electron chi connectivity index (χ0n) is 31.6. The van der Waals surface area contributed by atoms with Crippen LogP contribution in [-0.2, 0) is 0 Å². The van der Waals surface area contributed by atoms with E-state index in [4.69, 9.17) is 4.74 Å². The minimum Gasteiger partial charge on any atom is -0.458 e. The van der Waals surface area contributed by atoms with Gasteiger partial charge in [-0.3, -0.25) is 0 Å². The van der Waals surface area contributed by atoms with Crippen molar-refractivity contribution >= 4 is 51.0 Å². The van der Waals surface area contributed by atoms with E-state index in [9.17, 15) is 0 Å². The molecule has 3 heterocycles. The minimum atomic E-state index is -0.105. The SMILES string of the molecule is c1ccc(-c2ccccc2-c2ccc3c(c2)N(c2ccccc2)B2c4ccccc4Oc4cc(-c5ccccc5-n5c6ccccc6c6ccccc65)cc-3c42)cc1. The van der Waals surface area contributed by atoms with E-state index in [-0.39, 0.29) is 6.85 Å². The van der Waals surface area contributed by atoms with Crippen LogP contribution in [0.5, 0.6) is 11.5 Å². The minimum absolute atomic E-state index is 0.105. The van der Waals surface area contributed by atoms with Crippen LogP contribution in [0.3, 0.4) is 0 Å². The fourth-order valence-electron chi connectivity index (χ4n) is 9.55. The third-order valence-corrected chi connectivity index (χ3v) is 12.0. The Kier molecular flexibility index (Phi) is 7.33. The summed E-state index contributed by atoms with van der Waals surface area (Å²) in [4.78, 5) is 2.53. The summed E-state index contributed by atoms with van der Waals surface area (Å²) >= 11 is 0. The molecular weight excluding hydrogens is 703 g/mol. The van der Waals surface area contributed by atoms with Gasteiger partial charge in [0.15, 0.2) is 0 Å². The molecule has 0 aliphatic carbocycles. The van der Waals surface area contributed by atoms with Crippen LogP contribution in [0.1, 0.15) is 0 Å². The normalized spacial score (nSPS) is 12.6. The molecule has 58 heavy (non-hydrogen) atoms. The molecule has 0 atom stereocenters. The first kappa shape index (κ1) is 32.7. The Balaban J connectivity index is 1.13. The summed E-state index contributed by atoms with van der Waals surface area (Å²) in [6.07, 6.45) is 0. The van der Waals surface area contributed by atoms with Gasteiger partial charge in [-0.05, 0) is 93.4 Å². The Labute approximate surface area is 337 Å². The number of hydrogen-bond donors (Lipinski definition) is 0. The van der Waals surface area contributed by atoms with Gasteiger partial charge < -0.3 is 14.1 Å². The van der Waals surface area contributed by atoms with Gasteiger partial charge in [0.2, 0.25) is 0 Å². The quantitative estimate of drug-likeness (QED) is 0.164. The van der Waals surface area contributed by atoms with Crippen LogP contribution >= 0.6 is 0 Å². The molecule has 0 bridgehead atoms. The highest BCUT2D eigenvalue weighted by molar-refractivity contribution is 6.92. The van der Waals surface area contributed by atoms with Gasteiger partial charge in [0.05, 0.1) is 16.7 Å². The second-order valence-corrected chi connectivity index (χ2v) is 15.2. The number of para-hydroxylation sites is 5. The van der Waals surface area contributed by atoms with Crippen LogP contribution < -0.4 is 20.5 Å². The van der Waals surface area contributed by atoms with E-state index in [1.807, 2.05) is 0 Å². The molecule has 0 fully saturated rings. The number of nitrogens with zero attached hydrogens (tertiary/aromatic N) is 2. The maximum Gasteiger partial charge on any atom is 0.336 e. The molecule has 4 heteroatoms. The third kappa shape index (κ3) is 4.95. The third-order valence-electron chi connectivity index (χ3n) is 12.0. The van der Waals surface area contributed by atoms with E-state index in [0.29, 0.717) is 0 Å². The Hall–Kier alpha value is -7.56. The van der Waals surface area contributed by atoms with E-state index in [2.05, 4.69) is 222 Å². The number of anilines is 2. The second kappa shape index (κ2) is 13.0. The van der Waals surface area contributed by atoms with E-state index in [1.165, 1.54) is 66.3 Å². The van der Waals surface area contributed by atoms with Gasteiger partial charge in [-0.2, -0.15) is 0 Å². The summed E-state index contributed by atoms with van der Waals surface area (Å²) in [5.41, 5.74) is 17.6. The molecule has 2 aliphatic rings. The number of ether oxygens (including phenoxy) is 1. The molecule has 2 aliphatic heterocycles. The molecule has 9 aromatic carbocycles. The van der Waals surface area contributed by atoms with Gasteiger partial charge in [-0.25, -0.2) is 0 Å². The smallest absolute Gasteiger partial charge is 0.336 e. The van der Waals surface area contributed by atoms with Crippen LogP contribution in [0, 0.1) is 0 Å². The van der Waals surface area contributed by atoms with Crippen molar-refractivity contribution in [1.82, 2.24) is 4.57 Å². The molecule has 270 valence electrons. The molecule has 1 aromatic heterocycles. The zero-order chi connectivity index (χ0) is 38.2. The number of hydrogen-bond acceptors (Lipinski definition) is 2. The average molecular weight is 739 g/mol. The van der Waals surface area contributed by atoms with Gasteiger partial charge in [-0.15, -0.1) is 0 Å². The van der Waals surface area contributed by atoms with Gasteiger partial charge in [0.1, 0.15) is 11.5 Å². The van der Waals surface area contributed by atoms with Crippen molar-refractivity contribution in [2.24, 2.45) is 0 Å². The largest absolute Gasteiger partial charge is 0.458 e. The van der Waals surface area contributed by atoms with Crippen molar-refractivity contribution in [2.45, 2.75) is 0 Å². The predicted molar refractivity (Wildman–Crippen MR) is 243 cm³/mol. The van der Waals surface area contributed by atoms with Crippen molar-refractivity contribution in [1.29, 1.82) is 0 Å². The highest BCUT2D eigenvalue weighted by Crippen LogP contribution is 2.48. The monoisotopic (exact) mass is 738 g/mol. The van der Waals surface area contributed by atoms with E-state index in [1.54, 1.807) is 0 Å². The molecule has 10 aromatic rings. The van der Waals surface area contributed by atoms with Crippen molar-refractivity contribution in [3.05, 3.63) is 212 Å². The Morgan fingerprint density at radius 3 is 1.72 bits per heavy atom. The maximum atomic E-state index is 6.98. The molecule has 0 amide bonds. The molecule has 3 nitrogen and oxygen atoms in total. The lowest BCUT2D eigenvalue weighted by atomic mass is 9.44. The molecule has 0 unspecified atom stereocenters. The zero-order valence-corrected chi connectivity index (χ0v) is 31.6. The molecule has 0 saturated heterocycles. The van der Waals surface area contributed by atoms with Gasteiger partial charge in [0.25, 0.3) is 0 Å². The lowest BCUT2D eigenvalue weighted by Gasteiger charge is -2.42. The van der Waals surface area contributed by atoms with Crippen molar-refractivity contribution < 1.29 is 4.74 Å². The lowest BCUT2D eigenvalue weighted by molar-refractivity contribution is 0.487. The fourth-order valence-corrected chi connectivity index (χ4v) is 9.55. The molecular formula is C54H35BN2O. The molecule has 0 spiro atoms. The fraction of sp³-hybridized carbons (Fsp3) is 0. The highest BCUT2D eigenvalue weighted by Gasteiger charge is 2.44. The van der Waals surface area contributed by atoms with E-state index in [0.717, 1.165) is 39.5 Å². The van der Waals surface area contributed by atoms with Crippen LogP contribution in [0.15, 0.2) is 212 Å². The molecule has 0 N–H and O–H groups in total. The lowest BCUT2D eigenvalue weighted by Crippen LogP contribution is -2.59. The van der Waals surface area contributed by atoms with Crippen LogP contribution in [-0.4, -0.2) is 11.4 Å². The van der Waals surface area contributed by atoms with Crippen LogP contribution in [0.4, 0.5) is 11.4 Å². The standard InChI is InChI=1S/C54H35BN2O/c1-3-17-36(18-4-1)40-21-7-8-22-41(40)37-31-32-45-46-33-38(42-23-9-13-27-48(42)56-49-28-14-10-24-43(49)44-25-11-15-29-50(44)56)35-53-54(46)55(47-26-12-16-30-52(47)58-53)57(51(45)34-37)39-19-5-2-6-20-39/h1-35H. The van der Waals surface area contributed by atoms with Crippen molar-refractivity contribution in [2.75, 3.05) is 4.81 Å². The number of benzene rings is 9. The van der Waals surface area contributed by atoms with E-state index < -0.39 is 0 Å². The molecule has 12 rings (SSSR count). The second-order valence-electron chi connectivity index (χ2n) is 15.2. The Morgan fingerprint density at radius 2 is 0.966 bits per heavy atom. The maximum absolute atomic E-state index is 6.98. The summed E-state index contributed by atoms with van der Waals surface area (Å²) in [6, 6.07) is 76.8. The average Bonchev–Trinajstić information content (AvgIpc) is 3.63. The molecule has 0 saturated carbocycles. The summed E-state index contributed by atoms with van der Waals surface area (Å²) in [5.74, 6) is 1.77. The molecule has 0 radical (unpaired) electrons. The first-order valence-electron chi connectivity index (χ1n) is 20.0. The summed E-state index contributed by atoms with van der Waals surface area (Å²) in [6.45, 7) is -0.105. The summed E-state index contributed by atoms with van der Waals surface area (Å²) < 4.78 is 9.40. The first-order chi connectivity index (χ1) is 28.8. The van der Waals surface area contributed by atoms with Crippen LogP contribution in [0.2, 0.25) is 0 Å². The summed E-state index contributed by atoms with van der Waals surface area (Å²) in [7, 11) is 0. The Bertz CT molecular complexity index is 3170. The van der Waals surface area contributed by atoms with Gasteiger partial charge >= 0.3 is 6.85 Å². The number of rotatable bonds is 5. The summed E-state index contributed by atoms with van der Waals surface area (Å²) in [5, 5.41) is 2.49. The van der Waals surface area contributed by atoms with Crippen molar-refractivity contribution in [3.63, 3.8) is 0 Å². The Morgan fingerprint density at radius 1 is 0.362 bits per heavy atom. The van der Waals surface area contributed by atoms with Crippen LogP contribution in [0.25, 0.3) is 72.0 Å². The number of aromatic nitrogens is 1. The van der Waals surface area contributed by atoms with E-state index >= 15 is 0 Å². The topological polar surface area (TPSA) is 17.4 Å². The highest BCUT2D eigenvalue weighted by atomic mass is 16.5. The first-order valence-corrected chi connectivity index (χ1v) is 20.0. The van der Waals surface area contributed by atoms with Gasteiger partial charge in [0, 0.05) is 38.7 Å². The van der Waals surface area contributed by atoms with Crippen molar-refractivity contribution in [3.8, 4) is 61.7 Å². The number of fused-ring (bicyclic) bond motifs is 7.